The van der Waals surface area contributed by atoms with Gasteiger partial charge in [0.1, 0.15) is 0 Å². The van der Waals surface area contributed by atoms with Crippen LogP contribution in [0.4, 0.5) is 5.69 Å². The summed E-state index contributed by atoms with van der Waals surface area (Å²) in [7, 11) is -3.85. The van der Waals surface area contributed by atoms with E-state index in [4.69, 9.17) is 14.6 Å². The van der Waals surface area contributed by atoms with E-state index < -0.39 is 15.4 Å². The topological polar surface area (TPSA) is 108 Å². The summed E-state index contributed by atoms with van der Waals surface area (Å²) in [5, 5.41) is 8.46. The van der Waals surface area contributed by atoms with Crippen LogP contribution in [0.5, 0.6) is 11.5 Å². The lowest BCUT2D eigenvalue weighted by molar-refractivity contribution is -0.118. The number of hydrogen-bond acceptors (Lipinski definition) is 5. The summed E-state index contributed by atoms with van der Waals surface area (Å²) in [6.45, 7) is 6.46. The number of benzene rings is 3. The van der Waals surface area contributed by atoms with Crippen LogP contribution in [0.1, 0.15) is 49.0 Å². The molecule has 0 aromatic heterocycles. The number of primary sulfonamides is 1. The number of amides is 1. The van der Waals surface area contributed by atoms with Gasteiger partial charge < -0.3 is 14.8 Å². The number of sulfonamides is 1. The monoisotopic (exact) mass is 498 g/mol. The molecule has 1 aliphatic carbocycles. The Labute approximate surface area is 209 Å². The Morgan fingerprint density at radius 2 is 1.74 bits per heavy atom. The molecular weight excluding hydrogens is 464 g/mol. The van der Waals surface area contributed by atoms with Crippen LogP contribution in [0.15, 0.2) is 65.6 Å². The van der Waals surface area contributed by atoms with E-state index in [9.17, 15) is 13.2 Å². The number of fused-ring (bicyclic) bond motifs is 1. The van der Waals surface area contributed by atoms with Gasteiger partial charge in [0.2, 0.25) is 22.7 Å². The van der Waals surface area contributed by atoms with Crippen molar-refractivity contribution >= 4 is 21.6 Å². The number of carbonyl (C=O) groups excluding carboxylic acids is 1. The summed E-state index contributed by atoms with van der Waals surface area (Å²) in [6, 6.07) is 18.0. The van der Waals surface area contributed by atoms with Crippen LogP contribution in [0.3, 0.4) is 0 Å². The van der Waals surface area contributed by atoms with E-state index in [1.807, 2.05) is 42.5 Å². The maximum Gasteiger partial charge on any atom is 0.238 e. The lowest BCUT2D eigenvalue weighted by Crippen LogP contribution is -2.28. The number of ether oxygens (including phenoxy) is 2. The van der Waals surface area contributed by atoms with E-state index in [-0.39, 0.29) is 27.3 Å². The van der Waals surface area contributed by atoms with Gasteiger partial charge in [-0.1, -0.05) is 45.0 Å². The Balaban J connectivity index is 0.00000169. The van der Waals surface area contributed by atoms with Crippen molar-refractivity contribution in [1.29, 1.82) is 0 Å². The van der Waals surface area contributed by atoms with Gasteiger partial charge in [-0.3, -0.25) is 4.79 Å². The molecule has 3 aromatic rings. The molecular formula is C27H34N2O5S. The molecule has 35 heavy (non-hydrogen) atoms. The van der Waals surface area contributed by atoms with Crippen LogP contribution in [-0.4, -0.2) is 21.1 Å². The van der Waals surface area contributed by atoms with Crippen molar-refractivity contribution in [1.82, 2.24) is 0 Å². The maximum absolute atomic E-state index is 13.4. The predicted molar refractivity (Wildman–Crippen MR) is 140 cm³/mol. The molecule has 7 nitrogen and oxygen atoms in total. The molecule has 3 N–H and O–H groups in total. The number of rotatable bonds is 5. The lowest BCUT2D eigenvalue weighted by atomic mass is 9.81. The highest BCUT2D eigenvalue weighted by Crippen LogP contribution is 2.51. The smallest absolute Gasteiger partial charge is 0.238 e. The summed E-state index contributed by atoms with van der Waals surface area (Å²) in [6.07, 6.45) is 1.50. The minimum Gasteiger partial charge on any atom is -0.454 e. The van der Waals surface area contributed by atoms with Crippen molar-refractivity contribution in [2.75, 3.05) is 12.1 Å². The number of hydrogen-bond donors (Lipinski definition) is 2. The van der Waals surface area contributed by atoms with Crippen LogP contribution >= 0.6 is 0 Å². The third kappa shape index (κ3) is 4.39. The first-order chi connectivity index (χ1) is 16.5. The second-order valence-corrected chi connectivity index (χ2v) is 11.7. The Kier molecular flexibility index (Phi) is 5.41. The first-order valence-electron chi connectivity index (χ1n) is 11.5. The van der Waals surface area contributed by atoms with Crippen molar-refractivity contribution in [3.63, 3.8) is 0 Å². The van der Waals surface area contributed by atoms with Crippen molar-refractivity contribution < 1.29 is 27.0 Å². The Morgan fingerprint density at radius 3 is 2.43 bits per heavy atom. The van der Waals surface area contributed by atoms with Crippen molar-refractivity contribution in [2.45, 2.75) is 49.3 Å². The molecule has 8 heteroatoms. The molecule has 1 amide bonds. The summed E-state index contributed by atoms with van der Waals surface area (Å²) in [5.74, 6) is 1.27. The van der Waals surface area contributed by atoms with Gasteiger partial charge in [-0.15, -0.1) is 0 Å². The quantitative estimate of drug-likeness (QED) is 0.487. The first-order valence-corrected chi connectivity index (χ1v) is 13.0. The predicted octanol–water partition coefficient (Wildman–Crippen LogP) is 5.44. The van der Waals surface area contributed by atoms with Gasteiger partial charge in [-0.25, -0.2) is 13.6 Å². The fraction of sp³-hybridized carbons (Fsp3) is 0.296. The zero-order valence-corrected chi connectivity index (χ0v) is 20.7. The van der Waals surface area contributed by atoms with Crippen molar-refractivity contribution in [3.05, 3.63) is 71.8 Å². The molecule has 188 valence electrons. The van der Waals surface area contributed by atoms with Gasteiger partial charge in [-0.2, -0.15) is 0 Å². The molecule has 3 aromatic carbocycles. The normalized spacial score (nSPS) is 16.1. The molecule has 0 atom stereocenters. The molecule has 1 heterocycles. The molecule has 5 rings (SSSR count). The Morgan fingerprint density at radius 1 is 1.00 bits per heavy atom. The Bertz CT molecular complexity index is 1450. The number of nitrogens with one attached hydrogen (secondary N) is 1. The van der Waals surface area contributed by atoms with E-state index >= 15 is 0 Å². The molecule has 0 saturated heterocycles. The maximum atomic E-state index is 13.4. The molecule has 1 fully saturated rings. The SMILES string of the molecule is CC(C)(C)c1ccc(NC(=O)C2(c3ccc4c(c3)OCO4)CC2)cc1-c1cccc(S(N)(=O)=O)c1.[HH].[HH].[HH]. The summed E-state index contributed by atoms with van der Waals surface area (Å²) < 4.78 is 34.8. The highest BCUT2D eigenvalue weighted by Gasteiger charge is 2.51. The van der Waals surface area contributed by atoms with Crippen LogP contribution in [-0.2, 0) is 25.6 Å². The first kappa shape index (κ1) is 23.4. The fourth-order valence-electron chi connectivity index (χ4n) is 4.57. The van der Waals surface area contributed by atoms with Crippen LogP contribution in [0, 0.1) is 0 Å². The van der Waals surface area contributed by atoms with Gasteiger partial charge in [0.05, 0.1) is 10.3 Å². The molecule has 0 spiro atoms. The zero-order chi connectivity index (χ0) is 25.0. The van der Waals surface area contributed by atoms with Gasteiger partial charge in [0.25, 0.3) is 0 Å². The van der Waals surface area contributed by atoms with Crippen molar-refractivity contribution in [2.24, 2.45) is 5.14 Å². The van der Waals surface area contributed by atoms with E-state index in [1.54, 1.807) is 12.1 Å². The summed E-state index contributed by atoms with van der Waals surface area (Å²) in [5.41, 5.74) is 3.33. The molecule has 0 bridgehead atoms. The largest absolute Gasteiger partial charge is 0.454 e. The minimum absolute atomic E-state index is 0. The molecule has 1 aliphatic heterocycles. The fourth-order valence-corrected chi connectivity index (χ4v) is 5.13. The highest BCUT2D eigenvalue weighted by molar-refractivity contribution is 7.89. The number of nitrogens with two attached hydrogens (primary N) is 1. The molecule has 2 aliphatic rings. The lowest BCUT2D eigenvalue weighted by Gasteiger charge is -2.25. The van der Waals surface area contributed by atoms with E-state index in [0.29, 0.717) is 17.2 Å². The van der Waals surface area contributed by atoms with Gasteiger partial charge in [0.15, 0.2) is 11.5 Å². The summed E-state index contributed by atoms with van der Waals surface area (Å²) in [4.78, 5) is 13.5. The zero-order valence-electron chi connectivity index (χ0n) is 19.9. The molecule has 1 saturated carbocycles. The van der Waals surface area contributed by atoms with E-state index in [2.05, 4.69) is 26.1 Å². The summed E-state index contributed by atoms with van der Waals surface area (Å²) >= 11 is 0. The standard InChI is InChI=1S/C27H28N2O5S.3H2/c1-26(2,3)22-9-8-19(15-21(22)17-5-4-6-20(13-17)35(28,31)32)29-25(30)27(11-12-27)18-7-10-23-24(14-18)34-16-33-23;;;/h4-10,13-15H,11-12,16H2,1-3H3,(H,29,30)(H2,28,31,32);3*1H. The van der Waals surface area contributed by atoms with Crippen molar-refractivity contribution in [3.8, 4) is 22.6 Å². The van der Waals surface area contributed by atoms with E-state index in [0.717, 1.165) is 35.1 Å². The number of carbonyl (C=O) groups is 1. The highest BCUT2D eigenvalue weighted by atomic mass is 32.2. The van der Waals surface area contributed by atoms with Crippen LogP contribution in [0.2, 0.25) is 0 Å². The van der Waals surface area contributed by atoms with Gasteiger partial charge in [0, 0.05) is 9.97 Å². The number of anilines is 1. The average Bonchev–Trinajstić information content (AvgIpc) is 3.49. The third-order valence-electron chi connectivity index (χ3n) is 6.67. The second-order valence-electron chi connectivity index (χ2n) is 10.2. The van der Waals surface area contributed by atoms with Crippen LogP contribution < -0.4 is 19.9 Å². The second kappa shape index (κ2) is 8.10. The molecule has 0 radical (unpaired) electrons. The Hall–Kier alpha value is -3.36. The molecule has 0 unspecified atom stereocenters. The van der Waals surface area contributed by atoms with Gasteiger partial charge in [-0.05, 0) is 76.9 Å². The third-order valence-corrected chi connectivity index (χ3v) is 7.58. The minimum atomic E-state index is -3.85. The van der Waals surface area contributed by atoms with E-state index in [1.165, 1.54) is 6.07 Å². The average molecular weight is 499 g/mol. The van der Waals surface area contributed by atoms with Crippen LogP contribution in [0.25, 0.3) is 11.1 Å². The van der Waals surface area contributed by atoms with Gasteiger partial charge >= 0.3 is 0 Å².